The number of imidazole rings is 2. The number of amides is 1. The lowest BCUT2D eigenvalue weighted by atomic mass is 10.0. The van der Waals surface area contributed by atoms with Crippen molar-refractivity contribution in [1.82, 2.24) is 65.2 Å². The van der Waals surface area contributed by atoms with Gasteiger partial charge in [-0.1, -0.05) is 48.5 Å². The number of H-pyrrole nitrogens is 4. The zero-order chi connectivity index (χ0) is 48.4. The second kappa shape index (κ2) is 17.7. The summed E-state index contributed by atoms with van der Waals surface area (Å²) in [4.78, 5) is 54.6. The average molecular weight is 989 g/mol. The maximum Gasteiger partial charge on any atom is 0.255 e. The zero-order valence-electron chi connectivity index (χ0n) is 38.7. The van der Waals surface area contributed by atoms with Gasteiger partial charge in [0.2, 0.25) is 0 Å². The molecular weight excluding hydrogens is 949 g/mol. The van der Waals surface area contributed by atoms with Gasteiger partial charge in [-0.25, -0.2) is 15.0 Å². The Kier molecular flexibility index (Phi) is 10.4. The van der Waals surface area contributed by atoms with Crippen molar-refractivity contribution in [3.63, 3.8) is 0 Å². The van der Waals surface area contributed by atoms with Crippen LogP contribution < -0.4 is 5.32 Å². The van der Waals surface area contributed by atoms with Crippen molar-refractivity contribution in [2.75, 3.05) is 18.4 Å². The number of likely N-dealkylation sites (tertiary alicyclic amines) is 1. The van der Waals surface area contributed by atoms with Crippen LogP contribution in [0, 0.1) is 0 Å². The van der Waals surface area contributed by atoms with Crippen molar-refractivity contribution < 1.29 is 4.79 Å². The van der Waals surface area contributed by atoms with Gasteiger partial charge in [0, 0.05) is 84.4 Å². The maximum atomic E-state index is 13.2. The minimum atomic E-state index is -0.232. The van der Waals surface area contributed by atoms with E-state index in [0.717, 1.165) is 101 Å². The molecule has 17 heteroatoms. The standard InChI is InChI=1S/C56H40N14OS2/c71-56(32-9-2-1-3-10-32)60-36-20-34(26-58-27-36)44-23-40-51(67-69-53(40)55-63-41-13-6-11-37(49(41)64-55)46-15-8-18-72-46)48(61-44)35-21-47(73-30-35)38-12-7-14-42-50(38)65-54(62-42)52-39-22-43(59-28-45(39)66-68-52)33-19-31(24-57-25-33)29-70-16-4-5-17-70/h1-3,6-15,18-28,30H,4-5,16-17,29H2,(H,60,71)(H,62,65)(H,63,64)(H,66,68)(H,67,69). The molecule has 0 aliphatic carbocycles. The third-order valence-electron chi connectivity index (χ3n) is 13.4. The molecule has 1 aliphatic rings. The predicted octanol–water partition coefficient (Wildman–Crippen LogP) is 12.4. The number of carbonyl (C=O) groups excluding carboxylic acids is 1. The SMILES string of the molecule is O=C(Nc1cncc(-c2cc3c(-c4nc5c(-c6cccs6)cccc5[nH]4)n[nH]c3c(-c3csc(-c4cccc5[nH]c(-c6n[nH]c7cnc(-c8cncc(CN9CCCC9)c8)cc67)nc45)c3)n2)c1)c1ccccc1. The van der Waals surface area contributed by atoms with Gasteiger partial charge in [0.1, 0.15) is 11.4 Å². The minimum absolute atomic E-state index is 0.232. The van der Waals surface area contributed by atoms with Gasteiger partial charge in [0.25, 0.3) is 5.91 Å². The lowest BCUT2D eigenvalue weighted by Crippen LogP contribution is -2.18. The summed E-state index contributed by atoms with van der Waals surface area (Å²) in [6.07, 6.45) is 11.5. The molecule has 0 saturated carbocycles. The zero-order valence-corrected chi connectivity index (χ0v) is 40.4. The number of aromatic amines is 4. The highest BCUT2D eigenvalue weighted by molar-refractivity contribution is 7.14. The fraction of sp³-hybridized carbons (Fsp3) is 0.0893. The molecule has 1 amide bonds. The minimum Gasteiger partial charge on any atom is -0.337 e. The van der Waals surface area contributed by atoms with Gasteiger partial charge in [-0.2, -0.15) is 10.2 Å². The molecule has 14 rings (SSSR count). The molecule has 0 bridgehead atoms. The van der Waals surface area contributed by atoms with Crippen LogP contribution in [-0.4, -0.2) is 84.2 Å². The number of fused-ring (bicyclic) bond motifs is 4. The van der Waals surface area contributed by atoms with Crippen molar-refractivity contribution in [2.24, 2.45) is 0 Å². The molecule has 3 aromatic carbocycles. The number of nitrogens with zero attached hydrogens (tertiary/aromatic N) is 9. The summed E-state index contributed by atoms with van der Waals surface area (Å²) >= 11 is 3.29. The normalized spacial score (nSPS) is 13.0. The number of benzene rings is 3. The smallest absolute Gasteiger partial charge is 0.255 e. The molecule has 15 nitrogen and oxygen atoms in total. The fourth-order valence-electron chi connectivity index (χ4n) is 9.88. The second-order valence-electron chi connectivity index (χ2n) is 18.1. The van der Waals surface area contributed by atoms with Gasteiger partial charge in [0.15, 0.2) is 11.6 Å². The van der Waals surface area contributed by atoms with Crippen LogP contribution in [0.2, 0.25) is 0 Å². The molecular formula is C56H40N14OS2. The summed E-state index contributed by atoms with van der Waals surface area (Å²) in [6.45, 7) is 3.13. The van der Waals surface area contributed by atoms with Crippen LogP contribution in [0.3, 0.4) is 0 Å². The molecule has 5 N–H and O–H groups in total. The molecule has 73 heavy (non-hydrogen) atoms. The molecule has 0 unspecified atom stereocenters. The number of aromatic nitrogens is 12. The van der Waals surface area contributed by atoms with E-state index in [4.69, 9.17) is 30.1 Å². The molecule has 1 aliphatic heterocycles. The van der Waals surface area contributed by atoms with E-state index in [1.807, 2.05) is 79.3 Å². The molecule has 352 valence electrons. The van der Waals surface area contributed by atoms with Crippen molar-refractivity contribution in [2.45, 2.75) is 19.4 Å². The summed E-state index contributed by atoms with van der Waals surface area (Å²) in [5.74, 6) is 1.04. The van der Waals surface area contributed by atoms with Gasteiger partial charge >= 0.3 is 0 Å². The number of pyridine rings is 4. The van der Waals surface area contributed by atoms with Crippen molar-refractivity contribution in [1.29, 1.82) is 0 Å². The Morgan fingerprint density at radius 3 is 2.11 bits per heavy atom. The number of hydrogen-bond donors (Lipinski definition) is 5. The topological polar surface area (TPSA) is 199 Å². The van der Waals surface area contributed by atoms with E-state index in [9.17, 15) is 4.79 Å². The highest BCUT2D eigenvalue weighted by Crippen LogP contribution is 2.42. The van der Waals surface area contributed by atoms with E-state index in [-0.39, 0.29) is 5.91 Å². The average Bonchev–Trinajstić information content (AvgIpc) is 4.29. The first-order chi connectivity index (χ1) is 36.0. The molecule has 0 atom stereocenters. The Bertz CT molecular complexity index is 4220. The van der Waals surface area contributed by atoms with E-state index in [1.54, 1.807) is 47.2 Å². The summed E-state index contributed by atoms with van der Waals surface area (Å²) in [6, 6.07) is 35.9. The Hall–Kier alpha value is -9.03. The van der Waals surface area contributed by atoms with E-state index < -0.39 is 0 Å². The number of rotatable bonds is 11. The van der Waals surface area contributed by atoms with Crippen molar-refractivity contribution in [3.05, 3.63) is 162 Å². The van der Waals surface area contributed by atoms with Crippen LogP contribution in [0.5, 0.6) is 0 Å². The van der Waals surface area contributed by atoms with E-state index in [0.29, 0.717) is 51.2 Å². The molecule has 13 aromatic rings. The first-order valence-electron chi connectivity index (χ1n) is 23.9. The Balaban J connectivity index is 0.842. The predicted molar refractivity (Wildman–Crippen MR) is 289 cm³/mol. The third kappa shape index (κ3) is 7.82. The number of hydrogen-bond acceptors (Lipinski definition) is 12. The monoisotopic (exact) mass is 988 g/mol. The van der Waals surface area contributed by atoms with Gasteiger partial charge < -0.3 is 15.3 Å². The number of anilines is 1. The van der Waals surface area contributed by atoms with Gasteiger partial charge in [-0.05, 0) is 97.5 Å². The van der Waals surface area contributed by atoms with E-state index in [2.05, 4.69) is 87.5 Å². The Morgan fingerprint density at radius 2 is 1.33 bits per heavy atom. The van der Waals surface area contributed by atoms with Crippen molar-refractivity contribution >= 4 is 78.1 Å². The molecule has 10 aromatic heterocycles. The van der Waals surface area contributed by atoms with Crippen LogP contribution in [0.15, 0.2) is 151 Å². The quantitative estimate of drug-likeness (QED) is 0.0831. The van der Waals surface area contributed by atoms with Crippen molar-refractivity contribution in [3.8, 4) is 77.7 Å². The van der Waals surface area contributed by atoms with Gasteiger partial charge in [0.05, 0.1) is 68.3 Å². The lowest BCUT2D eigenvalue weighted by molar-refractivity contribution is 0.102. The molecule has 1 saturated heterocycles. The molecule has 11 heterocycles. The summed E-state index contributed by atoms with van der Waals surface area (Å²) in [5.41, 5.74) is 15.4. The van der Waals surface area contributed by atoms with E-state index in [1.165, 1.54) is 18.4 Å². The summed E-state index contributed by atoms with van der Waals surface area (Å²) < 4.78 is 0. The Labute approximate surface area is 423 Å². The fourth-order valence-corrected chi connectivity index (χ4v) is 11.6. The molecule has 0 spiro atoms. The number of thiophene rings is 2. The molecule has 1 fully saturated rings. The van der Waals surface area contributed by atoms with Crippen LogP contribution in [-0.2, 0) is 6.54 Å². The highest BCUT2D eigenvalue weighted by atomic mass is 32.1. The van der Waals surface area contributed by atoms with E-state index >= 15 is 0 Å². The lowest BCUT2D eigenvalue weighted by Gasteiger charge is -2.14. The second-order valence-corrected chi connectivity index (χ2v) is 20.0. The Morgan fingerprint density at radius 1 is 0.603 bits per heavy atom. The number of nitrogens with one attached hydrogen (secondary N) is 5. The molecule has 0 radical (unpaired) electrons. The van der Waals surface area contributed by atoms with Crippen LogP contribution in [0.1, 0.15) is 28.8 Å². The van der Waals surface area contributed by atoms with Crippen LogP contribution >= 0.6 is 22.7 Å². The number of carbonyl (C=O) groups is 1. The summed E-state index contributed by atoms with van der Waals surface area (Å²) in [7, 11) is 0. The first-order valence-corrected chi connectivity index (χ1v) is 25.6. The largest absolute Gasteiger partial charge is 0.337 e. The maximum absolute atomic E-state index is 13.2. The number of para-hydroxylation sites is 2. The van der Waals surface area contributed by atoms with Gasteiger partial charge in [-0.3, -0.25) is 34.8 Å². The highest BCUT2D eigenvalue weighted by Gasteiger charge is 2.23. The van der Waals surface area contributed by atoms with Crippen LogP contribution in [0.25, 0.3) is 122 Å². The van der Waals surface area contributed by atoms with Crippen LogP contribution in [0.4, 0.5) is 5.69 Å². The first kappa shape index (κ1) is 42.8. The third-order valence-corrected chi connectivity index (χ3v) is 15.3. The van der Waals surface area contributed by atoms with Gasteiger partial charge in [-0.15, -0.1) is 22.7 Å². The summed E-state index contributed by atoms with van der Waals surface area (Å²) in [5, 5.41) is 25.1.